The molecule has 0 radical (unpaired) electrons. The van der Waals surface area contributed by atoms with Gasteiger partial charge >= 0.3 is 0 Å². The summed E-state index contributed by atoms with van der Waals surface area (Å²) in [6.07, 6.45) is 4.16. The Kier molecular flexibility index (Phi) is 2.64. The van der Waals surface area contributed by atoms with Crippen LogP contribution < -0.4 is 0 Å². The maximum atomic E-state index is 11.1. The zero-order valence-electron chi connectivity index (χ0n) is 8.41. The average molecular weight is 244 g/mol. The van der Waals surface area contributed by atoms with Crippen LogP contribution in [-0.2, 0) is 28.4 Å². The Morgan fingerprint density at radius 3 is 2.87 bits per heavy atom. The molecule has 1 aromatic rings. The normalized spacial score (nSPS) is 15.3. The van der Waals surface area contributed by atoms with Gasteiger partial charge in [-0.05, 0) is 19.3 Å². The Labute approximate surface area is 93.7 Å². The minimum Gasteiger partial charge on any atom is -0.346 e. The maximum Gasteiger partial charge on any atom is 0.154 e. The number of hydrogen-bond donors (Lipinski definition) is 1. The second-order valence-corrected chi connectivity index (χ2v) is 6.40. The molecule has 1 aliphatic carbocycles. The molecule has 0 saturated heterocycles. The minimum atomic E-state index is -3.05. The summed E-state index contributed by atoms with van der Waals surface area (Å²) < 4.78 is 22.8. The van der Waals surface area contributed by atoms with Crippen LogP contribution in [0.2, 0.25) is 0 Å². The van der Waals surface area contributed by atoms with Crippen molar-refractivity contribution in [2.24, 2.45) is 0 Å². The summed E-state index contributed by atoms with van der Waals surface area (Å²) in [5.74, 6) is 0.396. The molecule has 0 aromatic carbocycles. The van der Waals surface area contributed by atoms with Crippen LogP contribution in [0.4, 0.5) is 0 Å². The molecule has 1 heterocycles. The second kappa shape index (κ2) is 3.68. The van der Waals surface area contributed by atoms with Gasteiger partial charge in [0, 0.05) is 17.5 Å². The summed E-state index contributed by atoms with van der Waals surface area (Å²) in [6, 6.07) is 0. The van der Waals surface area contributed by atoms with E-state index in [9.17, 15) is 8.42 Å². The summed E-state index contributed by atoms with van der Waals surface area (Å²) in [5.41, 5.74) is 2.15. The van der Waals surface area contributed by atoms with Crippen molar-refractivity contribution in [1.29, 1.82) is 0 Å². The van der Waals surface area contributed by atoms with Gasteiger partial charge in [0.2, 0.25) is 0 Å². The smallest absolute Gasteiger partial charge is 0.154 e. The number of rotatable bonds is 2. The van der Waals surface area contributed by atoms with Gasteiger partial charge in [-0.15, -0.1) is 0 Å². The van der Waals surface area contributed by atoms with Crippen LogP contribution in [-0.4, -0.2) is 24.6 Å². The number of sulfone groups is 1. The number of H-pyrrole nitrogens is 1. The molecular weight excluding hydrogens is 232 g/mol. The summed E-state index contributed by atoms with van der Waals surface area (Å²) in [4.78, 5) is 7.18. The average Bonchev–Trinajstić information content (AvgIpc) is 2.48. The maximum absolute atomic E-state index is 11.1. The van der Waals surface area contributed by atoms with E-state index < -0.39 is 9.84 Å². The Bertz CT molecular complexity index is 546. The highest BCUT2D eigenvalue weighted by Crippen LogP contribution is 2.20. The Morgan fingerprint density at radius 2 is 2.20 bits per heavy atom. The van der Waals surface area contributed by atoms with Crippen molar-refractivity contribution in [3.8, 4) is 0 Å². The van der Waals surface area contributed by atoms with Gasteiger partial charge < -0.3 is 4.98 Å². The molecule has 1 aliphatic rings. The van der Waals surface area contributed by atoms with Crippen LogP contribution in [0.1, 0.15) is 23.5 Å². The lowest BCUT2D eigenvalue weighted by molar-refractivity contribution is 0.599. The van der Waals surface area contributed by atoms with Crippen LogP contribution in [0.5, 0.6) is 0 Å². The van der Waals surface area contributed by atoms with Crippen LogP contribution in [0.3, 0.4) is 0 Å². The molecule has 1 aromatic heterocycles. The molecule has 4 nitrogen and oxygen atoms in total. The first-order valence-electron chi connectivity index (χ1n) is 4.74. The van der Waals surface area contributed by atoms with Crippen molar-refractivity contribution >= 4 is 22.1 Å². The van der Waals surface area contributed by atoms with E-state index in [1.54, 1.807) is 0 Å². The number of fused-ring (bicyclic) bond motifs is 1. The number of aromatic amines is 1. The van der Waals surface area contributed by atoms with Crippen LogP contribution in [0.15, 0.2) is 0 Å². The van der Waals surface area contributed by atoms with E-state index in [2.05, 4.69) is 9.97 Å². The van der Waals surface area contributed by atoms with Crippen molar-refractivity contribution < 1.29 is 8.42 Å². The first-order chi connectivity index (χ1) is 6.96. The fourth-order valence-electron chi connectivity index (χ4n) is 1.83. The van der Waals surface area contributed by atoms with Gasteiger partial charge in [-0.25, -0.2) is 13.4 Å². The molecule has 0 fully saturated rings. The van der Waals surface area contributed by atoms with E-state index in [1.165, 1.54) is 6.26 Å². The summed E-state index contributed by atoms with van der Waals surface area (Å²) in [7, 11) is -3.05. The molecular formula is C9H12N2O2S2. The third-order valence-electron chi connectivity index (χ3n) is 2.41. The molecule has 0 bridgehead atoms. The van der Waals surface area contributed by atoms with Crippen LogP contribution in [0, 0.1) is 4.64 Å². The van der Waals surface area contributed by atoms with Gasteiger partial charge in [-0.2, -0.15) is 0 Å². The highest BCUT2D eigenvalue weighted by atomic mass is 32.2. The molecule has 6 heteroatoms. The first-order valence-corrected chi connectivity index (χ1v) is 7.21. The number of aryl methyl sites for hydroxylation is 1. The van der Waals surface area contributed by atoms with E-state index in [0.717, 1.165) is 30.5 Å². The third-order valence-corrected chi connectivity index (χ3v) is 3.54. The van der Waals surface area contributed by atoms with Gasteiger partial charge in [0.05, 0.1) is 0 Å². The van der Waals surface area contributed by atoms with Crippen molar-refractivity contribution in [3.05, 3.63) is 21.7 Å². The van der Waals surface area contributed by atoms with Crippen molar-refractivity contribution in [2.75, 3.05) is 6.26 Å². The molecule has 82 valence electrons. The fourth-order valence-corrected chi connectivity index (χ4v) is 2.80. The van der Waals surface area contributed by atoms with E-state index in [0.29, 0.717) is 10.5 Å². The Balaban J connectivity index is 2.45. The van der Waals surface area contributed by atoms with Gasteiger partial charge in [0.1, 0.15) is 16.2 Å². The molecule has 0 spiro atoms. The van der Waals surface area contributed by atoms with Gasteiger partial charge in [0.15, 0.2) is 9.84 Å². The third kappa shape index (κ3) is 2.43. The highest BCUT2D eigenvalue weighted by molar-refractivity contribution is 7.89. The summed E-state index contributed by atoms with van der Waals surface area (Å²) in [5, 5.41) is 0. The van der Waals surface area contributed by atoms with E-state index in [4.69, 9.17) is 12.2 Å². The van der Waals surface area contributed by atoms with Gasteiger partial charge in [-0.1, -0.05) is 12.2 Å². The van der Waals surface area contributed by atoms with E-state index >= 15 is 0 Å². The summed E-state index contributed by atoms with van der Waals surface area (Å²) in [6.45, 7) is 0. The van der Waals surface area contributed by atoms with E-state index in [-0.39, 0.29) is 5.75 Å². The molecule has 0 unspecified atom stereocenters. The SMILES string of the molecule is CS(=O)(=O)Cc1nc(=S)c2c([nH]1)CCC2. The fraction of sp³-hybridized carbons (Fsp3) is 0.556. The predicted octanol–water partition coefficient (Wildman–Crippen LogP) is 1.17. The van der Waals surface area contributed by atoms with E-state index in [1.807, 2.05) is 0 Å². The standard InChI is InChI=1S/C9H12N2O2S2/c1-15(12,13)5-8-10-7-4-2-3-6(7)9(14)11-8/h2-5H2,1H3,(H,10,11,14). The lowest BCUT2D eigenvalue weighted by atomic mass is 10.3. The van der Waals surface area contributed by atoms with Crippen molar-refractivity contribution in [2.45, 2.75) is 25.0 Å². The number of nitrogens with one attached hydrogen (secondary N) is 1. The minimum absolute atomic E-state index is 0.0656. The number of hydrogen-bond acceptors (Lipinski definition) is 4. The number of nitrogens with zero attached hydrogens (tertiary/aromatic N) is 1. The quantitative estimate of drug-likeness (QED) is 0.793. The highest BCUT2D eigenvalue weighted by Gasteiger charge is 2.16. The lowest BCUT2D eigenvalue weighted by Crippen LogP contribution is -2.07. The molecule has 2 rings (SSSR count). The van der Waals surface area contributed by atoms with Crippen LogP contribution >= 0.6 is 12.2 Å². The van der Waals surface area contributed by atoms with Crippen molar-refractivity contribution in [1.82, 2.24) is 9.97 Å². The zero-order valence-corrected chi connectivity index (χ0v) is 10.0. The molecule has 0 amide bonds. The Hall–Kier alpha value is -0.750. The zero-order chi connectivity index (χ0) is 11.1. The predicted molar refractivity (Wildman–Crippen MR) is 60.0 cm³/mol. The molecule has 0 saturated carbocycles. The number of aromatic nitrogens is 2. The van der Waals surface area contributed by atoms with Gasteiger partial charge in [0.25, 0.3) is 0 Å². The summed E-state index contributed by atoms with van der Waals surface area (Å²) >= 11 is 5.13. The van der Waals surface area contributed by atoms with Crippen molar-refractivity contribution in [3.63, 3.8) is 0 Å². The molecule has 0 atom stereocenters. The molecule has 1 N–H and O–H groups in total. The first kappa shape index (κ1) is 10.8. The Morgan fingerprint density at radius 1 is 1.47 bits per heavy atom. The molecule has 0 aliphatic heterocycles. The second-order valence-electron chi connectivity index (χ2n) is 3.87. The lowest BCUT2D eigenvalue weighted by Gasteiger charge is -2.04. The largest absolute Gasteiger partial charge is 0.346 e. The van der Waals surface area contributed by atoms with Crippen LogP contribution in [0.25, 0.3) is 0 Å². The molecule has 15 heavy (non-hydrogen) atoms. The topological polar surface area (TPSA) is 62.8 Å². The monoisotopic (exact) mass is 244 g/mol. The van der Waals surface area contributed by atoms with Gasteiger partial charge in [-0.3, -0.25) is 0 Å².